The van der Waals surface area contributed by atoms with Crippen LogP contribution in [0.5, 0.6) is 0 Å². The van der Waals surface area contributed by atoms with E-state index in [0.29, 0.717) is 0 Å². The Morgan fingerprint density at radius 3 is 2.89 bits per heavy atom. The van der Waals surface area contributed by atoms with Crippen molar-refractivity contribution >= 4 is 22.9 Å². The second-order valence-corrected chi connectivity index (χ2v) is 6.41. The Balaban J connectivity index is 1.80. The molecule has 1 aliphatic carbocycles. The quantitative estimate of drug-likeness (QED) is 0.859. The van der Waals surface area contributed by atoms with Crippen molar-refractivity contribution in [2.75, 3.05) is 0 Å². The van der Waals surface area contributed by atoms with E-state index in [1.807, 2.05) is 23.5 Å². The van der Waals surface area contributed by atoms with Crippen LogP contribution in [0.15, 0.2) is 30.3 Å². The minimum Gasteiger partial charge on any atom is -0.309 e. The third-order valence-corrected chi connectivity index (χ3v) is 4.87. The number of rotatable bonds is 4. The van der Waals surface area contributed by atoms with Crippen molar-refractivity contribution in [1.29, 1.82) is 0 Å². The number of nitrogens with one attached hydrogen (secondary N) is 1. The average molecular weight is 278 g/mol. The van der Waals surface area contributed by atoms with Gasteiger partial charge in [0.1, 0.15) is 0 Å². The van der Waals surface area contributed by atoms with Gasteiger partial charge in [0.05, 0.1) is 0 Å². The Bertz CT molecular complexity index is 557. The van der Waals surface area contributed by atoms with Gasteiger partial charge in [-0.1, -0.05) is 23.7 Å². The Kier molecular flexibility index (Phi) is 3.42. The van der Waals surface area contributed by atoms with Gasteiger partial charge in [0.15, 0.2) is 0 Å². The largest absolute Gasteiger partial charge is 0.309 e. The molecule has 94 valence electrons. The first kappa shape index (κ1) is 12.2. The van der Waals surface area contributed by atoms with E-state index in [0.717, 1.165) is 17.6 Å². The van der Waals surface area contributed by atoms with Crippen LogP contribution in [-0.4, -0.2) is 6.04 Å². The highest BCUT2D eigenvalue weighted by atomic mass is 35.5. The van der Waals surface area contributed by atoms with Crippen molar-refractivity contribution < 1.29 is 0 Å². The van der Waals surface area contributed by atoms with E-state index in [2.05, 4.69) is 30.4 Å². The topological polar surface area (TPSA) is 12.0 Å². The molecule has 1 aliphatic rings. The molecular weight excluding hydrogens is 262 g/mol. The molecule has 0 amide bonds. The van der Waals surface area contributed by atoms with E-state index < -0.39 is 0 Å². The fraction of sp³-hybridized carbons (Fsp3) is 0.333. The maximum Gasteiger partial charge on any atom is 0.0441 e. The molecule has 1 aromatic carbocycles. The van der Waals surface area contributed by atoms with Crippen LogP contribution < -0.4 is 5.32 Å². The van der Waals surface area contributed by atoms with Crippen molar-refractivity contribution in [2.45, 2.75) is 32.4 Å². The zero-order chi connectivity index (χ0) is 12.5. The summed E-state index contributed by atoms with van der Waals surface area (Å²) < 4.78 is 0. The summed E-state index contributed by atoms with van der Waals surface area (Å²) in [7, 11) is 0. The molecule has 1 heterocycles. The van der Waals surface area contributed by atoms with Crippen LogP contribution >= 0.6 is 22.9 Å². The third kappa shape index (κ3) is 2.61. The van der Waals surface area contributed by atoms with Crippen molar-refractivity contribution in [3.05, 3.63) is 45.8 Å². The summed E-state index contributed by atoms with van der Waals surface area (Å²) >= 11 is 8.03. The molecule has 0 unspecified atom stereocenters. The van der Waals surface area contributed by atoms with Crippen LogP contribution in [0.25, 0.3) is 10.4 Å². The zero-order valence-electron chi connectivity index (χ0n) is 10.4. The summed E-state index contributed by atoms with van der Waals surface area (Å²) in [6.07, 6.45) is 2.68. The van der Waals surface area contributed by atoms with Gasteiger partial charge < -0.3 is 5.32 Å². The highest BCUT2D eigenvalue weighted by Crippen LogP contribution is 2.33. The molecule has 3 rings (SSSR count). The first-order valence-electron chi connectivity index (χ1n) is 6.31. The molecule has 18 heavy (non-hydrogen) atoms. The summed E-state index contributed by atoms with van der Waals surface area (Å²) in [5.41, 5.74) is 2.42. The Labute approximate surface area is 117 Å². The normalized spacial score (nSPS) is 15.0. The van der Waals surface area contributed by atoms with E-state index >= 15 is 0 Å². The Morgan fingerprint density at radius 1 is 1.28 bits per heavy atom. The van der Waals surface area contributed by atoms with Gasteiger partial charge in [-0.15, -0.1) is 11.3 Å². The molecule has 3 heteroatoms. The fourth-order valence-electron chi connectivity index (χ4n) is 2.02. The van der Waals surface area contributed by atoms with E-state index in [1.165, 1.54) is 33.7 Å². The van der Waals surface area contributed by atoms with E-state index in [-0.39, 0.29) is 0 Å². The van der Waals surface area contributed by atoms with Gasteiger partial charge in [0, 0.05) is 27.4 Å². The molecule has 0 bridgehead atoms. The molecule has 0 atom stereocenters. The minimum absolute atomic E-state index is 0.767. The molecule has 1 N–H and O–H groups in total. The van der Waals surface area contributed by atoms with Crippen LogP contribution in [0.2, 0.25) is 5.02 Å². The highest BCUT2D eigenvalue weighted by molar-refractivity contribution is 7.15. The molecular formula is C15H16ClNS. The van der Waals surface area contributed by atoms with Crippen molar-refractivity contribution in [3.63, 3.8) is 0 Å². The predicted molar refractivity (Wildman–Crippen MR) is 79.4 cm³/mol. The molecule has 1 saturated carbocycles. The lowest BCUT2D eigenvalue weighted by Gasteiger charge is -2.04. The molecule has 1 fully saturated rings. The third-order valence-electron chi connectivity index (χ3n) is 3.34. The van der Waals surface area contributed by atoms with Crippen LogP contribution in [0, 0.1) is 6.92 Å². The van der Waals surface area contributed by atoms with Crippen molar-refractivity contribution in [2.24, 2.45) is 0 Å². The summed E-state index contributed by atoms with van der Waals surface area (Å²) in [5, 5.41) is 4.39. The van der Waals surface area contributed by atoms with Crippen molar-refractivity contribution in [1.82, 2.24) is 5.32 Å². The molecule has 0 radical (unpaired) electrons. The number of benzene rings is 1. The number of hydrogen-bond donors (Lipinski definition) is 1. The number of halogens is 1. The monoisotopic (exact) mass is 277 g/mol. The summed E-state index contributed by atoms with van der Waals surface area (Å²) in [6, 6.07) is 11.3. The van der Waals surface area contributed by atoms with E-state index in [1.54, 1.807) is 0 Å². The van der Waals surface area contributed by atoms with Gasteiger partial charge >= 0.3 is 0 Å². The number of hydrogen-bond acceptors (Lipinski definition) is 2. The predicted octanol–water partition coefficient (Wildman–Crippen LogP) is 4.63. The summed E-state index contributed by atoms with van der Waals surface area (Å²) in [6.45, 7) is 3.08. The molecule has 2 aromatic rings. The second kappa shape index (κ2) is 5.04. The Hall–Kier alpha value is -0.830. The molecule has 0 saturated heterocycles. The SMILES string of the molecule is Cc1c(Cl)cccc1-c1ccc(CNC2CC2)s1. The molecule has 1 aromatic heterocycles. The zero-order valence-corrected chi connectivity index (χ0v) is 11.9. The molecule has 0 spiro atoms. The van der Waals surface area contributed by atoms with Gasteiger partial charge in [0.25, 0.3) is 0 Å². The fourth-order valence-corrected chi connectivity index (χ4v) is 3.24. The average Bonchev–Trinajstić information content (AvgIpc) is 3.08. The summed E-state index contributed by atoms with van der Waals surface area (Å²) in [4.78, 5) is 2.71. The van der Waals surface area contributed by atoms with Crippen LogP contribution in [0.4, 0.5) is 0 Å². The van der Waals surface area contributed by atoms with Gasteiger partial charge in [-0.3, -0.25) is 0 Å². The lowest BCUT2D eigenvalue weighted by Crippen LogP contribution is -2.14. The number of thiophene rings is 1. The molecule has 1 nitrogen and oxygen atoms in total. The standard InChI is InChI=1S/C15H16ClNS/c1-10-13(3-2-4-14(10)16)15-8-7-12(18-15)9-17-11-5-6-11/h2-4,7-8,11,17H,5-6,9H2,1H3. The van der Waals surface area contributed by atoms with Crippen LogP contribution in [0.1, 0.15) is 23.3 Å². The van der Waals surface area contributed by atoms with Crippen LogP contribution in [-0.2, 0) is 6.54 Å². The summed E-state index contributed by atoms with van der Waals surface area (Å²) in [5.74, 6) is 0. The maximum atomic E-state index is 6.17. The van der Waals surface area contributed by atoms with Gasteiger partial charge in [-0.25, -0.2) is 0 Å². The van der Waals surface area contributed by atoms with Crippen LogP contribution in [0.3, 0.4) is 0 Å². The van der Waals surface area contributed by atoms with E-state index in [4.69, 9.17) is 11.6 Å². The smallest absolute Gasteiger partial charge is 0.0441 e. The first-order chi connectivity index (χ1) is 8.74. The van der Waals surface area contributed by atoms with E-state index in [9.17, 15) is 0 Å². The first-order valence-corrected chi connectivity index (χ1v) is 7.51. The second-order valence-electron chi connectivity index (χ2n) is 4.83. The van der Waals surface area contributed by atoms with Gasteiger partial charge in [-0.2, -0.15) is 0 Å². The maximum absolute atomic E-state index is 6.17. The molecule has 0 aliphatic heterocycles. The lowest BCUT2D eigenvalue weighted by atomic mass is 10.1. The van der Waals surface area contributed by atoms with Gasteiger partial charge in [-0.05, 0) is 49.1 Å². The minimum atomic E-state index is 0.767. The van der Waals surface area contributed by atoms with Crippen molar-refractivity contribution in [3.8, 4) is 10.4 Å². The van der Waals surface area contributed by atoms with Gasteiger partial charge in [0.2, 0.25) is 0 Å². The highest BCUT2D eigenvalue weighted by Gasteiger charge is 2.20. The Morgan fingerprint density at radius 2 is 2.11 bits per heavy atom. The lowest BCUT2D eigenvalue weighted by molar-refractivity contribution is 0.695.